The summed E-state index contributed by atoms with van der Waals surface area (Å²) in [7, 11) is 1.38. The summed E-state index contributed by atoms with van der Waals surface area (Å²) in [5, 5.41) is 33.5. The molecule has 13 nitrogen and oxygen atoms in total. The normalized spacial score (nSPS) is 34.9. The Morgan fingerprint density at radius 2 is 1.63 bits per heavy atom. The summed E-state index contributed by atoms with van der Waals surface area (Å²) in [5.41, 5.74) is -1.11. The quantitative estimate of drug-likeness (QED) is 0.339. The molecule has 3 aliphatic heterocycles. The number of carbonyl (C=O) groups is 4. The molecule has 3 heterocycles. The van der Waals surface area contributed by atoms with Gasteiger partial charge in [-0.25, -0.2) is 0 Å². The molecule has 0 radical (unpaired) electrons. The fraction of sp³-hybridized carbons (Fsp3) is 0.526. The number of methoxy groups -OCH3 is 1. The maximum atomic E-state index is 14.0. The van der Waals surface area contributed by atoms with E-state index in [0.29, 0.717) is 18.4 Å². The van der Waals surface area contributed by atoms with Crippen LogP contribution in [0, 0.1) is 0 Å². The molecule has 5 aliphatic rings. The number of ether oxygens (including phenoxy) is 6. The second kappa shape index (κ2) is 13.3. The lowest BCUT2D eigenvalue weighted by atomic mass is 9.72. The highest BCUT2D eigenvalue weighted by molar-refractivity contribution is 6.32. The van der Waals surface area contributed by atoms with Gasteiger partial charge in [0.25, 0.3) is 0 Å². The van der Waals surface area contributed by atoms with Crippen LogP contribution >= 0.6 is 0 Å². The fourth-order valence-corrected chi connectivity index (χ4v) is 7.93. The van der Waals surface area contributed by atoms with E-state index in [-0.39, 0.29) is 76.4 Å². The minimum absolute atomic E-state index is 0.0199. The minimum Gasteiger partial charge on any atom is -0.507 e. The van der Waals surface area contributed by atoms with Crippen molar-refractivity contribution < 1.29 is 62.9 Å². The van der Waals surface area contributed by atoms with Gasteiger partial charge in [-0.15, -0.1) is 0 Å². The van der Waals surface area contributed by atoms with E-state index in [9.17, 15) is 34.5 Å². The van der Waals surface area contributed by atoms with E-state index < -0.39 is 71.8 Å². The number of hydrogen-bond donors (Lipinski definition) is 3. The highest BCUT2D eigenvalue weighted by Crippen LogP contribution is 2.46. The maximum absolute atomic E-state index is 14.0. The summed E-state index contributed by atoms with van der Waals surface area (Å²) < 4.78 is 35.7. The first-order chi connectivity index (χ1) is 24.2. The molecule has 3 N–H and O–H groups in total. The van der Waals surface area contributed by atoms with Gasteiger partial charge in [-0.1, -0.05) is 6.07 Å². The Balaban J connectivity index is 1.06. The van der Waals surface area contributed by atoms with Crippen LogP contribution in [0.1, 0.15) is 113 Å². The standard InChI is InChI=1S/C38H42O13/c1-16-23(39)8-10-29(48-16)50-26-9-11-30(49-17(26)2)51-37-18(3)47-28(13-24(37)40)19-6-7-20-33(34(19)42)36(44)21-12-27(46-5)22-14-38(4,45)15-25(41)31(22)32(21)35(20)43/h6-8,10,12,16-18,24,26,28-30,37,40,42,45H,9,11,13-15H2,1-5H3/t16-,17-,18+,24-,26-,28+,29-,30-,37+,38+/m0/s1. The van der Waals surface area contributed by atoms with Crippen LogP contribution < -0.4 is 4.74 Å². The molecule has 2 aliphatic carbocycles. The Labute approximate surface area is 294 Å². The monoisotopic (exact) mass is 706 g/mol. The van der Waals surface area contributed by atoms with E-state index in [4.69, 9.17) is 28.4 Å². The lowest BCUT2D eigenvalue weighted by Crippen LogP contribution is -2.50. The van der Waals surface area contributed by atoms with Crippen molar-refractivity contribution in [2.24, 2.45) is 0 Å². The van der Waals surface area contributed by atoms with E-state index in [1.807, 2.05) is 6.92 Å². The number of rotatable bonds is 6. The zero-order chi connectivity index (χ0) is 36.5. The summed E-state index contributed by atoms with van der Waals surface area (Å²) >= 11 is 0. The average molecular weight is 707 g/mol. The third-order valence-corrected chi connectivity index (χ3v) is 10.5. The third-order valence-electron chi connectivity index (χ3n) is 10.5. The van der Waals surface area contributed by atoms with Crippen molar-refractivity contribution in [3.05, 3.63) is 69.3 Å². The van der Waals surface area contributed by atoms with Crippen molar-refractivity contribution in [1.29, 1.82) is 0 Å². The van der Waals surface area contributed by atoms with Gasteiger partial charge in [0.1, 0.15) is 23.7 Å². The lowest BCUT2D eigenvalue weighted by Gasteiger charge is -2.42. The van der Waals surface area contributed by atoms with Gasteiger partial charge in [-0.05, 0) is 58.4 Å². The number of fused-ring (bicyclic) bond motifs is 4. The van der Waals surface area contributed by atoms with Crippen molar-refractivity contribution in [2.45, 2.75) is 121 Å². The Morgan fingerprint density at radius 1 is 0.882 bits per heavy atom. The Hall–Kier alpha value is -3.82. The molecular formula is C38H42O13. The zero-order valence-corrected chi connectivity index (χ0v) is 29.0. The number of hydrogen-bond acceptors (Lipinski definition) is 13. The van der Waals surface area contributed by atoms with Crippen LogP contribution in [0.2, 0.25) is 0 Å². The van der Waals surface area contributed by atoms with Crippen LogP contribution in [0.3, 0.4) is 0 Å². The maximum Gasteiger partial charge on any atom is 0.198 e. The smallest absolute Gasteiger partial charge is 0.198 e. The van der Waals surface area contributed by atoms with E-state index in [2.05, 4.69) is 0 Å². The molecule has 0 aromatic heterocycles. The first-order valence-corrected chi connectivity index (χ1v) is 17.3. The van der Waals surface area contributed by atoms with E-state index in [1.165, 1.54) is 38.3 Å². The molecular weight excluding hydrogens is 664 g/mol. The molecule has 0 spiro atoms. The summed E-state index contributed by atoms with van der Waals surface area (Å²) in [6.45, 7) is 6.79. The van der Waals surface area contributed by atoms with Crippen molar-refractivity contribution >= 4 is 23.1 Å². The number of aliphatic hydroxyl groups excluding tert-OH is 1. The highest BCUT2D eigenvalue weighted by atomic mass is 16.7. The average Bonchev–Trinajstić information content (AvgIpc) is 3.06. The largest absolute Gasteiger partial charge is 0.507 e. The third kappa shape index (κ3) is 6.35. The molecule has 13 heteroatoms. The number of benzene rings is 2. The molecule has 2 fully saturated rings. The van der Waals surface area contributed by atoms with Crippen molar-refractivity contribution in [1.82, 2.24) is 0 Å². The van der Waals surface area contributed by atoms with Gasteiger partial charge in [0, 0.05) is 59.1 Å². The molecule has 2 aromatic rings. The van der Waals surface area contributed by atoms with E-state index in [1.54, 1.807) is 19.9 Å². The van der Waals surface area contributed by atoms with Crippen molar-refractivity contribution in [3.63, 3.8) is 0 Å². The summed E-state index contributed by atoms with van der Waals surface area (Å²) in [6.07, 6.45) is -1.88. The Kier molecular flexibility index (Phi) is 9.28. The molecule has 51 heavy (non-hydrogen) atoms. The lowest BCUT2D eigenvalue weighted by molar-refractivity contribution is -0.292. The number of Topliss-reactive ketones (excluding diaryl/α,β-unsaturated/α-hetero) is 1. The van der Waals surface area contributed by atoms with E-state index in [0.717, 1.165) is 0 Å². The molecule has 10 atom stereocenters. The topological polar surface area (TPSA) is 184 Å². The van der Waals surface area contributed by atoms with Crippen molar-refractivity contribution in [2.75, 3.05) is 7.11 Å². The number of phenols is 1. The molecule has 272 valence electrons. The number of phenolic OH excluding ortho intramolecular Hbond substituents is 1. The van der Waals surface area contributed by atoms with E-state index >= 15 is 0 Å². The first-order valence-electron chi connectivity index (χ1n) is 17.3. The van der Waals surface area contributed by atoms with Crippen LogP contribution in [0.15, 0.2) is 30.4 Å². The van der Waals surface area contributed by atoms with Crippen molar-refractivity contribution in [3.8, 4) is 11.5 Å². The second-order valence-corrected chi connectivity index (χ2v) is 14.4. The van der Waals surface area contributed by atoms with Crippen LogP contribution in [-0.4, -0.2) is 100 Å². The van der Waals surface area contributed by atoms with Crippen LogP contribution in [0.5, 0.6) is 11.5 Å². The second-order valence-electron chi connectivity index (χ2n) is 14.4. The fourth-order valence-electron chi connectivity index (χ4n) is 7.93. The van der Waals surface area contributed by atoms with Gasteiger partial charge < -0.3 is 43.7 Å². The number of aliphatic hydroxyl groups is 2. The summed E-state index contributed by atoms with van der Waals surface area (Å²) in [6, 6.07) is 4.31. The van der Waals surface area contributed by atoms with Crippen LogP contribution in [0.25, 0.3) is 0 Å². The summed E-state index contributed by atoms with van der Waals surface area (Å²) in [5.74, 6) is -2.10. The van der Waals surface area contributed by atoms with Gasteiger partial charge in [0.15, 0.2) is 35.7 Å². The minimum atomic E-state index is -1.34. The number of carbonyl (C=O) groups excluding carboxylic acids is 4. The van der Waals surface area contributed by atoms with Gasteiger partial charge in [0.05, 0.1) is 48.8 Å². The predicted molar refractivity (Wildman–Crippen MR) is 177 cm³/mol. The van der Waals surface area contributed by atoms with Crippen LogP contribution in [0.4, 0.5) is 0 Å². The SMILES string of the molecule is COc1cc2c(c3c1C[C@@](C)(O)CC3=O)C(=O)c1ccc([C@H]3C[C@H](O)[C@H](O[C@H]4CC[C@H](O[C@H]5C=CC(=O)[C@H](C)O5)[C@H](C)O4)[C@@H](C)O3)c(O)c1C2=O. The van der Waals surface area contributed by atoms with Gasteiger partial charge in [-0.3, -0.25) is 19.2 Å². The zero-order valence-electron chi connectivity index (χ0n) is 29.0. The molecule has 2 saturated heterocycles. The van der Waals surface area contributed by atoms with Crippen LogP contribution in [-0.2, 0) is 34.9 Å². The predicted octanol–water partition coefficient (Wildman–Crippen LogP) is 3.43. The van der Waals surface area contributed by atoms with Gasteiger partial charge in [0.2, 0.25) is 0 Å². The highest BCUT2D eigenvalue weighted by Gasteiger charge is 2.45. The molecule has 0 amide bonds. The first kappa shape index (κ1) is 35.6. The molecule has 0 unspecified atom stereocenters. The number of aromatic hydroxyl groups is 1. The van der Waals surface area contributed by atoms with Gasteiger partial charge >= 0.3 is 0 Å². The Bertz CT molecular complexity index is 1820. The van der Waals surface area contributed by atoms with Gasteiger partial charge in [-0.2, -0.15) is 0 Å². The molecule has 2 aromatic carbocycles. The molecule has 0 bridgehead atoms. The molecule has 0 saturated carbocycles. The summed E-state index contributed by atoms with van der Waals surface area (Å²) in [4.78, 5) is 52.9. The molecule has 7 rings (SSSR count). The Morgan fingerprint density at radius 3 is 2.31 bits per heavy atom. The number of ketones is 4.